The molecule has 1 unspecified atom stereocenters. The van der Waals surface area contributed by atoms with E-state index >= 15 is 0 Å². The van der Waals surface area contributed by atoms with E-state index in [1.165, 1.54) is 0 Å². The van der Waals surface area contributed by atoms with E-state index in [1.807, 2.05) is 6.92 Å². The van der Waals surface area contributed by atoms with Crippen molar-refractivity contribution in [3.8, 4) is 12.3 Å². The largest absolute Gasteiger partial charge is 0.378 e. The topological polar surface area (TPSA) is 29.5 Å². The Kier molecular flexibility index (Phi) is 5.29. The summed E-state index contributed by atoms with van der Waals surface area (Å²) in [6, 6.07) is 0. The van der Waals surface area contributed by atoms with Crippen LogP contribution in [-0.2, 0) is 4.74 Å². The van der Waals surface area contributed by atoms with Gasteiger partial charge in [0.1, 0.15) is 6.10 Å². The average Bonchev–Trinajstić information content (AvgIpc) is 1.89. The van der Waals surface area contributed by atoms with Gasteiger partial charge in [-0.3, -0.25) is 0 Å². The van der Waals surface area contributed by atoms with Crippen LogP contribution in [0.3, 0.4) is 0 Å². The van der Waals surface area contributed by atoms with Crippen LogP contribution in [0.15, 0.2) is 0 Å². The van der Waals surface area contributed by atoms with Crippen LogP contribution in [-0.4, -0.2) is 24.4 Å². The lowest BCUT2D eigenvalue weighted by Gasteiger charge is -2.02. The molecule has 0 amide bonds. The Morgan fingerprint density at radius 2 is 2.44 bits per heavy atom. The molecule has 0 rings (SSSR count). The van der Waals surface area contributed by atoms with Crippen LogP contribution < -0.4 is 0 Å². The van der Waals surface area contributed by atoms with Crippen molar-refractivity contribution in [3.63, 3.8) is 0 Å². The summed E-state index contributed by atoms with van der Waals surface area (Å²) < 4.78 is 4.94. The molecule has 0 aliphatic rings. The van der Waals surface area contributed by atoms with E-state index in [9.17, 15) is 0 Å². The van der Waals surface area contributed by atoms with Gasteiger partial charge in [0, 0.05) is 6.61 Å². The van der Waals surface area contributed by atoms with Crippen molar-refractivity contribution >= 4 is 0 Å². The number of terminal acetylenes is 1. The van der Waals surface area contributed by atoms with Crippen LogP contribution in [0.4, 0.5) is 0 Å². The predicted octanol–water partition coefficient (Wildman–Crippen LogP) is 0.407. The van der Waals surface area contributed by atoms with E-state index in [-0.39, 0.29) is 6.61 Å². The zero-order valence-electron chi connectivity index (χ0n) is 5.63. The van der Waals surface area contributed by atoms with E-state index in [0.29, 0.717) is 6.61 Å². The highest BCUT2D eigenvalue weighted by atomic mass is 16.5. The predicted molar refractivity (Wildman–Crippen MR) is 35.9 cm³/mol. The summed E-state index contributed by atoms with van der Waals surface area (Å²) in [4.78, 5) is 0. The quantitative estimate of drug-likeness (QED) is 0.439. The van der Waals surface area contributed by atoms with Crippen molar-refractivity contribution in [2.45, 2.75) is 19.4 Å². The fourth-order valence-electron chi connectivity index (χ4n) is 0.387. The first-order chi connectivity index (χ1) is 4.31. The summed E-state index contributed by atoms with van der Waals surface area (Å²) in [6.45, 7) is 2.92. The van der Waals surface area contributed by atoms with Gasteiger partial charge >= 0.3 is 0 Å². The lowest BCUT2D eigenvalue weighted by molar-refractivity contribution is 0.0643. The van der Waals surface area contributed by atoms with Crippen molar-refractivity contribution in [2.75, 3.05) is 13.2 Å². The van der Waals surface area contributed by atoms with Crippen LogP contribution in [0.5, 0.6) is 0 Å². The fraction of sp³-hybridized carbons (Fsp3) is 0.714. The van der Waals surface area contributed by atoms with Gasteiger partial charge in [0.25, 0.3) is 0 Å². The maximum atomic E-state index is 8.72. The van der Waals surface area contributed by atoms with E-state index < -0.39 is 6.10 Å². The van der Waals surface area contributed by atoms with E-state index in [2.05, 4.69) is 5.92 Å². The van der Waals surface area contributed by atoms with Crippen molar-refractivity contribution < 1.29 is 9.84 Å². The minimum Gasteiger partial charge on any atom is -0.378 e. The van der Waals surface area contributed by atoms with Crippen molar-refractivity contribution in [2.24, 2.45) is 0 Å². The molecule has 0 saturated heterocycles. The number of aliphatic hydroxyl groups excluding tert-OH is 1. The summed E-state index contributed by atoms with van der Waals surface area (Å²) in [5.41, 5.74) is 0. The van der Waals surface area contributed by atoms with E-state index in [4.69, 9.17) is 16.3 Å². The van der Waals surface area contributed by atoms with Crippen molar-refractivity contribution in [1.29, 1.82) is 0 Å². The first-order valence-electron chi connectivity index (χ1n) is 3.03. The standard InChI is InChI=1S/C7H12O2/c1-3-5-9-6-7(8)4-2/h2,7-8H,3,5-6H2,1H3. The van der Waals surface area contributed by atoms with E-state index in [1.54, 1.807) is 0 Å². The van der Waals surface area contributed by atoms with Gasteiger partial charge in [-0.1, -0.05) is 12.8 Å². The van der Waals surface area contributed by atoms with Gasteiger partial charge in [-0.2, -0.15) is 0 Å². The van der Waals surface area contributed by atoms with Gasteiger partial charge in [0.05, 0.1) is 6.61 Å². The highest BCUT2D eigenvalue weighted by Crippen LogP contribution is 1.84. The molecule has 0 aliphatic heterocycles. The molecule has 0 saturated carbocycles. The van der Waals surface area contributed by atoms with Crippen LogP contribution in [0.2, 0.25) is 0 Å². The molecule has 0 aliphatic carbocycles. The summed E-state index contributed by atoms with van der Waals surface area (Å²) in [7, 11) is 0. The second-order valence-corrected chi connectivity index (χ2v) is 1.76. The van der Waals surface area contributed by atoms with Crippen LogP contribution in [0.1, 0.15) is 13.3 Å². The molecular weight excluding hydrogens is 116 g/mol. The van der Waals surface area contributed by atoms with Gasteiger partial charge in [-0.25, -0.2) is 0 Å². The van der Waals surface area contributed by atoms with Crippen molar-refractivity contribution in [3.05, 3.63) is 0 Å². The van der Waals surface area contributed by atoms with Crippen LogP contribution in [0, 0.1) is 12.3 Å². The highest BCUT2D eigenvalue weighted by Gasteiger charge is 1.95. The van der Waals surface area contributed by atoms with Gasteiger partial charge in [0.15, 0.2) is 0 Å². The lowest BCUT2D eigenvalue weighted by Crippen LogP contribution is -2.12. The molecule has 0 heterocycles. The number of hydrogen-bond donors (Lipinski definition) is 1. The molecule has 0 spiro atoms. The molecule has 1 N–H and O–H groups in total. The molecule has 9 heavy (non-hydrogen) atoms. The Hall–Kier alpha value is -0.520. The number of ether oxygens (including phenoxy) is 1. The second kappa shape index (κ2) is 5.61. The second-order valence-electron chi connectivity index (χ2n) is 1.76. The lowest BCUT2D eigenvalue weighted by atomic mass is 10.4. The summed E-state index contributed by atoms with van der Waals surface area (Å²) in [5, 5.41) is 8.72. The summed E-state index contributed by atoms with van der Waals surface area (Å²) in [5.74, 6) is 2.15. The Balaban J connectivity index is 2.99. The molecule has 52 valence electrons. The third-order valence-corrected chi connectivity index (χ3v) is 0.817. The first kappa shape index (κ1) is 8.48. The van der Waals surface area contributed by atoms with Gasteiger partial charge in [-0.05, 0) is 6.42 Å². The molecule has 0 fully saturated rings. The van der Waals surface area contributed by atoms with Gasteiger partial charge in [0.2, 0.25) is 0 Å². The normalized spacial score (nSPS) is 12.6. The SMILES string of the molecule is C#CC(O)COCCC. The summed E-state index contributed by atoms with van der Waals surface area (Å²) in [6.07, 6.45) is 5.09. The van der Waals surface area contributed by atoms with Crippen LogP contribution in [0.25, 0.3) is 0 Å². The third kappa shape index (κ3) is 5.35. The Morgan fingerprint density at radius 3 is 2.89 bits per heavy atom. The Labute approximate surface area is 55.8 Å². The van der Waals surface area contributed by atoms with Gasteiger partial charge in [-0.15, -0.1) is 6.42 Å². The Bertz CT molecular complexity index is 93.6. The first-order valence-corrected chi connectivity index (χ1v) is 3.03. The summed E-state index contributed by atoms with van der Waals surface area (Å²) >= 11 is 0. The molecule has 0 aromatic heterocycles. The average molecular weight is 128 g/mol. The molecule has 0 bridgehead atoms. The highest BCUT2D eigenvalue weighted by molar-refractivity contribution is 4.92. The third-order valence-electron chi connectivity index (χ3n) is 0.817. The zero-order valence-corrected chi connectivity index (χ0v) is 5.63. The minimum atomic E-state index is -0.739. The number of hydrogen-bond acceptors (Lipinski definition) is 2. The number of aliphatic hydroxyl groups is 1. The van der Waals surface area contributed by atoms with Gasteiger partial charge < -0.3 is 9.84 Å². The van der Waals surface area contributed by atoms with E-state index in [0.717, 1.165) is 6.42 Å². The van der Waals surface area contributed by atoms with Crippen molar-refractivity contribution in [1.82, 2.24) is 0 Å². The number of rotatable bonds is 4. The van der Waals surface area contributed by atoms with Crippen LogP contribution >= 0.6 is 0 Å². The maximum absolute atomic E-state index is 8.72. The molecule has 0 aromatic rings. The maximum Gasteiger partial charge on any atom is 0.137 e. The Morgan fingerprint density at radius 1 is 1.78 bits per heavy atom. The molecular formula is C7H12O2. The smallest absolute Gasteiger partial charge is 0.137 e. The minimum absolute atomic E-state index is 0.254. The zero-order chi connectivity index (χ0) is 7.11. The monoisotopic (exact) mass is 128 g/mol. The molecule has 0 aromatic carbocycles. The molecule has 1 atom stereocenters. The fourth-order valence-corrected chi connectivity index (χ4v) is 0.387. The molecule has 0 radical (unpaired) electrons. The molecule has 2 heteroatoms. The molecule has 2 nitrogen and oxygen atoms in total.